The summed E-state index contributed by atoms with van der Waals surface area (Å²) in [4.78, 5) is 14.4. The second-order valence-corrected chi connectivity index (χ2v) is 6.21. The van der Waals surface area contributed by atoms with Crippen LogP contribution in [0.3, 0.4) is 0 Å². The maximum Gasteiger partial charge on any atom is 0.287 e. The Bertz CT molecular complexity index is 661. The van der Waals surface area contributed by atoms with Crippen LogP contribution in [0.1, 0.15) is 28.1 Å². The lowest BCUT2D eigenvalue weighted by Gasteiger charge is -2.33. The van der Waals surface area contributed by atoms with Crippen molar-refractivity contribution in [3.63, 3.8) is 0 Å². The van der Waals surface area contributed by atoms with E-state index >= 15 is 0 Å². The van der Waals surface area contributed by atoms with Gasteiger partial charge < -0.3 is 18.9 Å². The summed E-state index contributed by atoms with van der Waals surface area (Å²) in [6.07, 6.45) is 0. The van der Waals surface area contributed by atoms with Crippen LogP contribution in [0, 0.1) is 6.92 Å². The fourth-order valence-corrected chi connectivity index (χ4v) is 2.95. The smallest absolute Gasteiger partial charge is 0.287 e. The van der Waals surface area contributed by atoms with Crippen LogP contribution < -0.4 is 5.32 Å². The number of nitrogens with zero attached hydrogens (tertiary/aromatic N) is 1. The van der Waals surface area contributed by atoms with E-state index in [9.17, 15) is 4.79 Å². The SMILES string of the molecule is Cc1ccc(C(CNC(=O)c2ccc(Br)o2)N2CCOCC2)o1. The van der Waals surface area contributed by atoms with Crippen molar-refractivity contribution in [2.75, 3.05) is 32.8 Å². The predicted molar refractivity (Wildman–Crippen MR) is 87.3 cm³/mol. The fraction of sp³-hybridized carbons (Fsp3) is 0.438. The van der Waals surface area contributed by atoms with Crippen LogP contribution in [0.4, 0.5) is 0 Å². The van der Waals surface area contributed by atoms with Crippen LogP contribution in [-0.4, -0.2) is 43.7 Å². The quantitative estimate of drug-likeness (QED) is 0.860. The Kier molecular flexibility index (Phi) is 5.20. The average molecular weight is 383 g/mol. The standard InChI is InChI=1S/C16H19BrN2O4/c1-11-2-3-13(22-11)12(19-6-8-21-9-7-19)10-18-16(20)14-4-5-15(17)23-14/h2-5,12H,6-10H2,1H3,(H,18,20). The van der Waals surface area contributed by atoms with E-state index in [4.69, 9.17) is 13.6 Å². The number of ether oxygens (including phenoxy) is 1. The van der Waals surface area contributed by atoms with Gasteiger partial charge in [0, 0.05) is 19.6 Å². The molecule has 124 valence electrons. The number of furan rings is 2. The monoisotopic (exact) mass is 382 g/mol. The number of hydrogen-bond donors (Lipinski definition) is 1. The van der Waals surface area contributed by atoms with Crippen LogP contribution in [-0.2, 0) is 4.74 Å². The molecule has 2 aromatic rings. The highest BCUT2D eigenvalue weighted by Gasteiger charge is 2.26. The van der Waals surface area contributed by atoms with Crippen molar-refractivity contribution in [1.29, 1.82) is 0 Å². The third-order valence-electron chi connectivity index (χ3n) is 3.83. The molecule has 0 aromatic carbocycles. The summed E-state index contributed by atoms with van der Waals surface area (Å²) < 4.78 is 17.0. The first-order valence-corrected chi connectivity index (χ1v) is 8.34. The van der Waals surface area contributed by atoms with Crippen molar-refractivity contribution in [3.8, 4) is 0 Å². The van der Waals surface area contributed by atoms with Gasteiger partial charge in [-0.3, -0.25) is 9.69 Å². The minimum Gasteiger partial charge on any atom is -0.465 e. The molecule has 1 N–H and O–H groups in total. The summed E-state index contributed by atoms with van der Waals surface area (Å²) in [6, 6.07) is 7.22. The number of aryl methyl sites for hydroxylation is 1. The zero-order chi connectivity index (χ0) is 16.2. The van der Waals surface area contributed by atoms with Gasteiger partial charge in [0.1, 0.15) is 11.5 Å². The third-order valence-corrected chi connectivity index (χ3v) is 4.26. The largest absolute Gasteiger partial charge is 0.465 e. The maximum absolute atomic E-state index is 12.2. The highest BCUT2D eigenvalue weighted by Crippen LogP contribution is 2.23. The Balaban J connectivity index is 1.69. The van der Waals surface area contributed by atoms with Crippen LogP contribution in [0.25, 0.3) is 0 Å². The summed E-state index contributed by atoms with van der Waals surface area (Å²) in [7, 11) is 0. The van der Waals surface area contributed by atoms with Gasteiger partial charge in [-0.15, -0.1) is 0 Å². The van der Waals surface area contributed by atoms with Crippen LogP contribution >= 0.6 is 15.9 Å². The highest BCUT2D eigenvalue weighted by atomic mass is 79.9. The molecule has 1 aliphatic rings. The van der Waals surface area contributed by atoms with E-state index < -0.39 is 0 Å². The van der Waals surface area contributed by atoms with Gasteiger partial charge in [-0.2, -0.15) is 0 Å². The zero-order valence-corrected chi connectivity index (χ0v) is 14.5. The number of hydrogen-bond acceptors (Lipinski definition) is 5. The molecule has 0 saturated carbocycles. The number of rotatable bonds is 5. The van der Waals surface area contributed by atoms with Gasteiger partial charge in [0.15, 0.2) is 10.4 Å². The van der Waals surface area contributed by atoms with Crippen molar-refractivity contribution in [3.05, 3.63) is 46.2 Å². The van der Waals surface area contributed by atoms with Gasteiger partial charge in [-0.1, -0.05) is 0 Å². The summed E-state index contributed by atoms with van der Waals surface area (Å²) in [6.45, 7) is 5.37. The highest BCUT2D eigenvalue weighted by molar-refractivity contribution is 9.10. The lowest BCUT2D eigenvalue weighted by atomic mass is 10.1. The molecule has 0 spiro atoms. The lowest BCUT2D eigenvalue weighted by molar-refractivity contribution is 0.0116. The molecule has 7 heteroatoms. The number of amides is 1. The van der Waals surface area contributed by atoms with Crippen LogP contribution in [0.15, 0.2) is 37.8 Å². The maximum atomic E-state index is 12.2. The minimum absolute atomic E-state index is 0.0186. The molecule has 2 aromatic heterocycles. The van der Waals surface area contributed by atoms with E-state index in [0.717, 1.165) is 24.6 Å². The number of carbonyl (C=O) groups is 1. The Morgan fingerprint density at radius 2 is 2.04 bits per heavy atom. The molecule has 6 nitrogen and oxygen atoms in total. The molecule has 1 amide bonds. The average Bonchev–Trinajstić information content (AvgIpc) is 3.17. The van der Waals surface area contributed by atoms with Gasteiger partial charge in [-0.05, 0) is 47.1 Å². The van der Waals surface area contributed by atoms with Crippen LogP contribution in [0.5, 0.6) is 0 Å². The van der Waals surface area contributed by atoms with Crippen molar-refractivity contribution < 1.29 is 18.4 Å². The van der Waals surface area contributed by atoms with E-state index in [2.05, 4.69) is 26.1 Å². The van der Waals surface area contributed by atoms with E-state index in [-0.39, 0.29) is 17.7 Å². The molecular weight excluding hydrogens is 364 g/mol. The molecule has 0 bridgehead atoms. The molecule has 1 unspecified atom stereocenters. The Labute approximate surface area is 142 Å². The predicted octanol–water partition coefficient (Wildman–Crippen LogP) is 2.75. The van der Waals surface area contributed by atoms with Crippen molar-refractivity contribution in [2.45, 2.75) is 13.0 Å². The molecule has 1 atom stereocenters. The summed E-state index contributed by atoms with van der Waals surface area (Å²) >= 11 is 3.20. The first-order valence-electron chi connectivity index (χ1n) is 7.55. The van der Waals surface area contributed by atoms with Gasteiger partial charge >= 0.3 is 0 Å². The van der Waals surface area contributed by atoms with E-state index in [0.29, 0.717) is 24.4 Å². The van der Waals surface area contributed by atoms with Gasteiger partial charge in [0.05, 0.1) is 19.3 Å². The second kappa shape index (κ2) is 7.33. The van der Waals surface area contributed by atoms with Gasteiger partial charge in [-0.25, -0.2) is 0 Å². The molecule has 23 heavy (non-hydrogen) atoms. The topological polar surface area (TPSA) is 67.9 Å². The van der Waals surface area contributed by atoms with Crippen molar-refractivity contribution in [1.82, 2.24) is 10.2 Å². The first-order chi connectivity index (χ1) is 11.1. The van der Waals surface area contributed by atoms with E-state index in [1.54, 1.807) is 12.1 Å². The fourth-order valence-electron chi connectivity index (χ4n) is 2.64. The van der Waals surface area contributed by atoms with Crippen molar-refractivity contribution in [2.24, 2.45) is 0 Å². The lowest BCUT2D eigenvalue weighted by Crippen LogP contribution is -2.43. The van der Waals surface area contributed by atoms with E-state index in [1.807, 2.05) is 19.1 Å². The molecule has 3 rings (SSSR count). The molecule has 1 fully saturated rings. The molecule has 0 aliphatic carbocycles. The summed E-state index contributed by atoms with van der Waals surface area (Å²) in [5.74, 6) is 1.76. The van der Waals surface area contributed by atoms with Gasteiger partial charge in [0.25, 0.3) is 5.91 Å². The zero-order valence-electron chi connectivity index (χ0n) is 12.9. The van der Waals surface area contributed by atoms with Crippen LogP contribution in [0.2, 0.25) is 0 Å². The minimum atomic E-state index is -0.239. The molecular formula is C16H19BrN2O4. The first kappa shape index (κ1) is 16.3. The Morgan fingerprint density at radius 1 is 1.26 bits per heavy atom. The van der Waals surface area contributed by atoms with E-state index in [1.165, 1.54) is 0 Å². The number of carbonyl (C=O) groups excluding carboxylic acids is 1. The molecule has 0 radical (unpaired) electrons. The number of morpholine rings is 1. The second-order valence-electron chi connectivity index (χ2n) is 5.43. The molecule has 1 aliphatic heterocycles. The summed E-state index contributed by atoms with van der Waals surface area (Å²) in [5.41, 5.74) is 0. The third kappa shape index (κ3) is 4.04. The Morgan fingerprint density at radius 3 is 2.65 bits per heavy atom. The molecule has 3 heterocycles. The molecule has 1 saturated heterocycles. The number of halogens is 1. The Hall–Kier alpha value is -1.57. The normalized spacial score (nSPS) is 17.1. The van der Waals surface area contributed by atoms with Crippen molar-refractivity contribution >= 4 is 21.8 Å². The number of nitrogens with one attached hydrogen (secondary N) is 1. The van der Waals surface area contributed by atoms with Gasteiger partial charge in [0.2, 0.25) is 0 Å². The summed E-state index contributed by atoms with van der Waals surface area (Å²) in [5, 5.41) is 2.92.